The van der Waals surface area contributed by atoms with Crippen molar-refractivity contribution in [3.05, 3.63) is 29.3 Å². The highest BCUT2D eigenvalue weighted by molar-refractivity contribution is 5.91. The number of benzene rings is 1. The molecule has 0 saturated heterocycles. The summed E-state index contributed by atoms with van der Waals surface area (Å²) in [6, 6.07) is 8.40. The quantitative estimate of drug-likeness (QED) is 0.849. The monoisotopic (exact) mass is 254 g/mol. The first-order valence-electron chi connectivity index (χ1n) is 6.13. The number of rotatable bonds is 4. The van der Waals surface area contributed by atoms with E-state index in [2.05, 4.69) is 5.32 Å². The van der Waals surface area contributed by atoms with Gasteiger partial charge in [0.25, 0.3) is 0 Å². The Kier molecular flexibility index (Phi) is 3.79. The van der Waals surface area contributed by atoms with Gasteiger partial charge in [-0.3, -0.25) is 4.79 Å². The lowest BCUT2D eigenvalue weighted by Gasteiger charge is -2.10. The van der Waals surface area contributed by atoms with Gasteiger partial charge in [0.2, 0.25) is 5.91 Å². The molecular weight excluding hydrogens is 240 g/mol. The molecule has 96 valence electrons. The van der Waals surface area contributed by atoms with Crippen LogP contribution in [0.25, 0.3) is 0 Å². The predicted octanol–water partition coefficient (Wildman–Crippen LogP) is 1.50. The van der Waals surface area contributed by atoms with Gasteiger partial charge in [0, 0.05) is 18.2 Å². The lowest BCUT2D eigenvalue weighted by atomic mass is 10.1. The topological polar surface area (TPSA) is 103 Å². The van der Waals surface area contributed by atoms with Gasteiger partial charge in [0.1, 0.15) is 12.1 Å². The van der Waals surface area contributed by atoms with Crippen LogP contribution >= 0.6 is 0 Å². The van der Waals surface area contributed by atoms with Crippen molar-refractivity contribution in [1.29, 1.82) is 10.5 Å². The van der Waals surface area contributed by atoms with E-state index >= 15 is 0 Å². The number of hydrogen-bond acceptors (Lipinski definition) is 4. The van der Waals surface area contributed by atoms with Crippen molar-refractivity contribution in [2.75, 3.05) is 5.32 Å². The normalized spacial score (nSPS) is 15.1. The van der Waals surface area contributed by atoms with E-state index in [4.69, 9.17) is 16.3 Å². The summed E-state index contributed by atoms with van der Waals surface area (Å²) in [6.45, 7) is 0. The summed E-state index contributed by atoms with van der Waals surface area (Å²) >= 11 is 0. The Labute approximate surface area is 111 Å². The minimum absolute atomic E-state index is 0.0891. The lowest BCUT2D eigenvalue weighted by Crippen LogP contribution is -2.28. The van der Waals surface area contributed by atoms with Crippen LogP contribution < -0.4 is 11.1 Å². The second-order valence-corrected chi connectivity index (χ2v) is 4.74. The standard InChI is InChI=1S/C14H14N4O/c15-7-10-3-4-12(5-11(10)8-16)18-14(19)6-13(17)9-1-2-9/h3-5,9,13H,1-2,6,17H2,(H,18,19). The molecule has 1 atom stereocenters. The molecule has 0 aliphatic heterocycles. The third-order valence-electron chi connectivity index (χ3n) is 3.19. The molecule has 0 heterocycles. The molecule has 19 heavy (non-hydrogen) atoms. The van der Waals surface area contributed by atoms with Crippen molar-refractivity contribution >= 4 is 11.6 Å². The number of hydrogen-bond donors (Lipinski definition) is 2. The summed E-state index contributed by atoms with van der Waals surface area (Å²) in [4.78, 5) is 11.8. The van der Waals surface area contributed by atoms with E-state index in [0.717, 1.165) is 12.8 Å². The first-order chi connectivity index (χ1) is 9.13. The average molecular weight is 254 g/mol. The van der Waals surface area contributed by atoms with Crippen molar-refractivity contribution < 1.29 is 4.79 Å². The second-order valence-electron chi connectivity index (χ2n) is 4.74. The minimum atomic E-state index is -0.159. The zero-order chi connectivity index (χ0) is 13.8. The van der Waals surface area contributed by atoms with Gasteiger partial charge in [-0.15, -0.1) is 0 Å². The summed E-state index contributed by atoms with van der Waals surface area (Å²) in [5.41, 5.74) is 6.95. The number of nitrogens with zero attached hydrogens (tertiary/aromatic N) is 2. The minimum Gasteiger partial charge on any atom is -0.327 e. The maximum Gasteiger partial charge on any atom is 0.225 e. The van der Waals surface area contributed by atoms with Crippen molar-refractivity contribution in [3.8, 4) is 12.1 Å². The first kappa shape index (κ1) is 13.1. The molecule has 1 aliphatic carbocycles. The molecule has 5 heteroatoms. The van der Waals surface area contributed by atoms with Crippen LogP contribution in [0.1, 0.15) is 30.4 Å². The molecular formula is C14H14N4O. The Balaban J connectivity index is 2.01. The van der Waals surface area contributed by atoms with Crippen molar-refractivity contribution in [1.82, 2.24) is 0 Å². The molecule has 1 aromatic carbocycles. The van der Waals surface area contributed by atoms with Crippen molar-refractivity contribution in [2.24, 2.45) is 11.7 Å². The average Bonchev–Trinajstić information content (AvgIpc) is 3.22. The Morgan fingerprint density at radius 2 is 2.05 bits per heavy atom. The Bertz CT molecular complexity index is 578. The van der Waals surface area contributed by atoms with Crippen LogP contribution in [0.4, 0.5) is 5.69 Å². The van der Waals surface area contributed by atoms with Gasteiger partial charge in [-0.25, -0.2) is 0 Å². The largest absolute Gasteiger partial charge is 0.327 e. The van der Waals surface area contributed by atoms with Gasteiger partial charge < -0.3 is 11.1 Å². The van der Waals surface area contributed by atoms with Gasteiger partial charge in [0.05, 0.1) is 11.1 Å². The summed E-state index contributed by atoms with van der Waals surface area (Å²) in [5.74, 6) is 0.314. The fourth-order valence-electron chi connectivity index (χ4n) is 1.93. The lowest BCUT2D eigenvalue weighted by molar-refractivity contribution is -0.116. The highest BCUT2D eigenvalue weighted by Crippen LogP contribution is 2.32. The summed E-state index contributed by atoms with van der Waals surface area (Å²) in [7, 11) is 0. The van der Waals surface area contributed by atoms with Gasteiger partial charge in [-0.2, -0.15) is 10.5 Å². The molecule has 3 N–H and O–H groups in total. The third kappa shape index (κ3) is 3.31. The highest BCUT2D eigenvalue weighted by Gasteiger charge is 2.29. The van der Waals surface area contributed by atoms with E-state index in [1.54, 1.807) is 6.07 Å². The smallest absolute Gasteiger partial charge is 0.225 e. The van der Waals surface area contributed by atoms with Crippen molar-refractivity contribution in [2.45, 2.75) is 25.3 Å². The summed E-state index contributed by atoms with van der Waals surface area (Å²) < 4.78 is 0. The number of amides is 1. The molecule has 1 fully saturated rings. The maximum atomic E-state index is 11.8. The van der Waals surface area contributed by atoms with Crippen LogP contribution in [-0.2, 0) is 4.79 Å². The van der Waals surface area contributed by atoms with Crippen LogP contribution in [0.3, 0.4) is 0 Å². The fraction of sp³-hybridized carbons (Fsp3) is 0.357. The Hall–Kier alpha value is -2.37. The van der Waals surface area contributed by atoms with E-state index < -0.39 is 0 Å². The molecule has 0 bridgehead atoms. The first-order valence-corrected chi connectivity index (χ1v) is 6.13. The number of nitrogens with two attached hydrogens (primary N) is 1. The van der Waals surface area contributed by atoms with Crippen LogP contribution in [0.15, 0.2) is 18.2 Å². The maximum absolute atomic E-state index is 11.8. The van der Waals surface area contributed by atoms with E-state index in [-0.39, 0.29) is 23.9 Å². The Morgan fingerprint density at radius 1 is 1.37 bits per heavy atom. The Morgan fingerprint density at radius 3 is 2.63 bits per heavy atom. The number of carbonyl (C=O) groups excluding carboxylic acids is 1. The van der Waals surface area contributed by atoms with Crippen LogP contribution in [-0.4, -0.2) is 11.9 Å². The SMILES string of the molecule is N#Cc1ccc(NC(=O)CC(N)C2CC2)cc1C#N. The molecule has 1 aromatic rings. The van der Waals surface area contributed by atoms with Crippen LogP contribution in [0, 0.1) is 28.6 Å². The van der Waals surface area contributed by atoms with E-state index in [0.29, 0.717) is 17.2 Å². The van der Waals surface area contributed by atoms with Crippen LogP contribution in [0.5, 0.6) is 0 Å². The fourth-order valence-corrected chi connectivity index (χ4v) is 1.93. The van der Waals surface area contributed by atoms with Gasteiger partial charge in [-0.05, 0) is 37.0 Å². The third-order valence-corrected chi connectivity index (χ3v) is 3.19. The molecule has 1 amide bonds. The van der Waals surface area contributed by atoms with E-state index in [1.165, 1.54) is 12.1 Å². The number of nitrogens with one attached hydrogen (secondary N) is 1. The molecule has 2 rings (SSSR count). The molecule has 1 saturated carbocycles. The molecule has 0 aromatic heterocycles. The van der Waals surface area contributed by atoms with Gasteiger partial charge in [0.15, 0.2) is 0 Å². The van der Waals surface area contributed by atoms with Crippen molar-refractivity contribution in [3.63, 3.8) is 0 Å². The molecule has 5 nitrogen and oxygen atoms in total. The number of nitriles is 2. The van der Waals surface area contributed by atoms with Gasteiger partial charge in [-0.1, -0.05) is 0 Å². The molecule has 0 radical (unpaired) electrons. The number of carbonyl (C=O) groups is 1. The molecule has 1 aliphatic rings. The van der Waals surface area contributed by atoms with E-state index in [9.17, 15) is 4.79 Å². The zero-order valence-electron chi connectivity index (χ0n) is 10.4. The molecule has 0 spiro atoms. The van der Waals surface area contributed by atoms with Gasteiger partial charge >= 0.3 is 0 Å². The zero-order valence-corrected chi connectivity index (χ0v) is 10.4. The number of anilines is 1. The van der Waals surface area contributed by atoms with E-state index in [1.807, 2.05) is 12.1 Å². The summed E-state index contributed by atoms with van der Waals surface area (Å²) in [6.07, 6.45) is 2.49. The summed E-state index contributed by atoms with van der Waals surface area (Å²) in [5, 5.41) is 20.4. The second kappa shape index (κ2) is 5.51. The molecule has 1 unspecified atom stereocenters. The van der Waals surface area contributed by atoms with Crippen LogP contribution in [0.2, 0.25) is 0 Å². The highest BCUT2D eigenvalue weighted by atomic mass is 16.1. The predicted molar refractivity (Wildman–Crippen MR) is 69.8 cm³/mol.